The van der Waals surface area contributed by atoms with Crippen molar-refractivity contribution in [3.05, 3.63) is 54.4 Å². The summed E-state index contributed by atoms with van der Waals surface area (Å²) in [6.45, 7) is 2.33. The predicted molar refractivity (Wildman–Crippen MR) is 104 cm³/mol. The monoisotopic (exact) mass is 379 g/mol. The molecule has 0 saturated carbocycles. The Morgan fingerprint density at radius 2 is 1.89 bits per heavy atom. The van der Waals surface area contributed by atoms with Crippen molar-refractivity contribution in [1.29, 1.82) is 0 Å². The molecule has 28 heavy (non-hydrogen) atoms. The number of aliphatic hydroxyl groups is 1. The molecule has 1 N–H and O–H groups in total. The predicted octanol–water partition coefficient (Wildman–Crippen LogP) is 2.82. The van der Waals surface area contributed by atoms with Gasteiger partial charge in [0.1, 0.15) is 24.2 Å². The van der Waals surface area contributed by atoms with Gasteiger partial charge in [0.25, 0.3) is 5.91 Å². The molecule has 7 nitrogen and oxygen atoms in total. The molecule has 0 bridgehead atoms. The second-order valence-corrected chi connectivity index (χ2v) is 6.67. The Balaban J connectivity index is 1.67. The third kappa shape index (κ3) is 3.03. The maximum Gasteiger partial charge on any atom is 0.257 e. The summed E-state index contributed by atoms with van der Waals surface area (Å²) < 4.78 is 7.23. The maximum absolute atomic E-state index is 13.1. The van der Waals surface area contributed by atoms with E-state index in [1.54, 1.807) is 28.8 Å². The molecule has 2 amide bonds. The number of anilines is 1. The molecule has 1 aromatic heterocycles. The molecule has 1 saturated heterocycles. The molecule has 1 atom stereocenters. The van der Waals surface area contributed by atoms with E-state index < -0.39 is 6.04 Å². The number of hydrogen-bond donors (Lipinski definition) is 1. The largest absolute Gasteiger partial charge is 0.494 e. The van der Waals surface area contributed by atoms with Gasteiger partial charge >= 0.3 is 0 Å². The second kappa shape index (κ2) is 7.44. The van der Waals surface area contributed by atoms with Gasteiger partial charge in [0.15, 0.2) is 0 Å². The number of nitrogens with zero attached hydrogens (tertiary/aromatic N) is 3. The first-order valence-electron chi connectivity index (χ1n) is 9.30. The Bertz CT molecular complexity index is 1030. The molecule has 3 aromatic rings. The van der Waals surface area contributed by atoms with Crippen molar-refractivity contribution in [3.8, 4) is 5.75 Å². The molecule has 1 aliphatic rings. The Morgan fingerprint density at radius 3 is 2.61 bits per heavy atom. The first-order chi connectivity index (χ1) is 13.6. The Morgan fingerprint density at radius 1 is 1.14 bits per heavy atom. The minimum absolute atomic E-state index is 0.0280. The first kappa shape index (κ1) is 18.2. The van der Waals surface area contributed by atoms with E-state index >= 15 is 0 Å². The number of benzene rings is 2. The summed E-state index contributed by atoms with van der Waals surface area (Å²) in [5, 5.41) is 9.71. The number of imidazole rings is 1. The molecule has 0 spiro atoms. The first-order valence-corrected chi connectivity index (χ1v) is 9.30. The average Bonchev–Trinajstić information content (AvgIpc) is 3.23. The van der Waals surface area contributed by atoms with Crippen LogP contribution in [0.4, 0.5) is 5.69 Å². The van der Waals surface area contributed by atoms with Crippen LogP contribution in [0.5, 0.6) is 5.75 Å². The standard InChI is InChI=1S/C21H21N3O4/c1-2-11-28-15-9-7-14(8-10-15)23-20(26)12-18(21(23)27)24-17-6-4-3-5-16(17)22-19(24)13-25/h3-10,18,25H,2,11-13H2,1H3. The van der Waals surface area contributed by atoms with Crippen molar-refractivity contribution >= 4 is 28.5 Å². The van der Waals surface area contributed by atoms with Crippen LogP contribution < -0.4 is 9.64 Å². The van der Waals surface area contributed by atoms with Gasteiger partial charge in [0, 0.05) is 0 Å². The third-order valence-electron chi connectivity index (χ3n) is 4.81. The molecule has 0 radical (unpaired) electrons. The SMILES string of the molecule is CCCOc1ccc(N2C(=O)CC(n3c(CO)nc4ccccc43)C2=O)cc1. The van der Waals surface area contributed by atoms with Crippen LogP contribution in [0, 0.1) is 0 Å². The van der Waals surface area contributed by atoms with Gasteiger partial charge < -0.3 is 14.4 Å². The summed E-state index contributed by atoms with van der Waals surface area (Å²) in [7, 11) is 0. The van der Waals surface area contributed by atoms with E-state index in [4.69, 9.17) is 4.74 Å². The third-order valence-corrected chi connectivity index (χ3v) is 4.81. The summed E-state index contributed by atoms with van der Waals surface area (Å²) in [5.41, 5.74) is 1.92. The highest BCUT2D eigenvalue weighted by Crippen LogP contribution is 2.33. The van der Waals surface area contributed by atoms with Crippen LogP contribution in [-0.2, 0) is 16.2 Å². The zero-order chi connectivity index (χ0) is 19.7. The van der Waals surface area contributed by atoms with E-state index in [-0.39, 0.29) is 24.8 Å². The minimum atomic E-state index is -0.724. The topological polar surface area (TPSA) is 84.7 Å². The molecule has 1 aliphatic heterocycles. The minimum Gasteiger partial charge on any atom is -0.494 e. The number of aromatic nitrogens is 2. The molecule has 1 fully saturated rings. The van der Waals surface area contributed by atoms with E-state index in [1.165, 1.54) is 4.90 Å². The molecular formula is C21H21N3O4. The lowest BCUT2D eigenvalue weighted by atomic mass is 10.2. The van der Waals surface area contributed by atoms with Gasteiger partial charge in [-0.2, -0.15) is 0 Å². The van der Waals surface area contributed by atoms with Crippen LogP contribution in [0.15, 0.2) is 48.5 Å². The smallest absolute Gasteiger partial charge is 0.257 e. The summed E-state index contributed by atoms with van der Waals surface area (Å²) in [6, 6.07) is 13.5. The van der Waals surface area contributed by atoms with Gasteiger partial charge in [0.2, 0.25) is 5.91 Å². The van der Waals surface area contributed by atoms with Crippen LogP contribution in [0.25, 0.3) is 11.0 Å². The molecule has 0 aliphatic carbocycles. The quantitative estimate of drug-likeness (QED) is 0.666. The zero-order valence-electron chi connectivity index (χ0n) is 15.5. The van der Waals surface area contributed by atoms with Gasteiger partial charge in [-0.15, -0.1) is 0 Å². The molecule has 2 heterocycles. The summed E-state index contributed by atoms with van der Waals surface area (Å²) >= 11 is 0. The number of carbonyl (C=O) groups is 2. The van der Waals surface area contributed by atoms with Crippen molar-refractivity contribution in [2.24, 2.45) is 0 Å². The van der Waals surface area contributed by atoms with Crippen LogP contribution in [-0.4, -0.2) is 33.1 Å². The van der Waals surface area contributed by atoms with Gasteiger partial charge in [-0.1, -0.05) is 19.1 Å². The normalized spacial score (nSPS) is 16.9. The zero-order valence-corrected chi connectivity index (χ0v) is 15.5. The highest BCUT2D eigenvalue weighted by Gasteiger charge is 2.42. The maximum atomic E-state index is 13.1. The number of amides is 2. The fraction of sp³-hybridized carbons (Fsp3) is 0.286. The van der Waals surface area contributed by atoms with Gasteiger partial charge in [0.05, 0.1) is 29.7 Å². The molecule has 1 unspecified atom stereocenters. The van der Waals surface area contributed by atoms with Crippen molar-refractivity contribution in [2.45, 2.75) is 32.4 Å². The van der Waals surface area contributed by atoms with Crippen LogP contribution in [0.3, 0.4) is 0 Å². The average molecular weight is 379 g/mol. The lowest BCUT2D eigenvalue weighted by molar-refractivity contribution is -0.122. The van der Waals surface area contributed by atoms with Crippen LogP contribution >= 0.6 is 0 Å². The van der Waals surface area contributed by atoms with Crippen molar-refractivity contribution in [3.63, 3.8) is 0 Å². The highest BCUT2D eigenvalue weighted by atomic mass is 16.5. The number of fused-ring (bicyclic) bond motifs is 1. The molecule has 2 aromatic carbocycles. The fourth-order valence-electron chi connectivity index (χ4n) is 3.55. The number of ether oxygens (including phenoxy) is 1. The van der Waals surface area contributed by atoms with E-state index in [0.29, 0.717) is 29.4 Å². The molecular weight excluding hydrogens is 358 g/mol. The van der Waals surface area contributed by atoms with Gasteiger partial charge in [-0.25, -0.2) is 9.88 Å². The summed E-state index contributed by atoms with van der Waals surface area (Å²) in [5.74, 6) is 0.464. The van der Waals surface area contributed by atoms with E-state index in [0.717, 1.165) is 11.9 Å². The van der Waals surface area contributed by atoms with Crippen molar-refractivity contribution in [2.75, 3.05) is 11.5 Å². The summed E-state index contributed by atoms with van der Waals surface area (Å²) in [6.07, 6.45) is 0.929. The number of aliphatic hydroxyl groups excluding tert-OH is 1. The Labute approximate surface area is 162 Å². The van der Waals surface area contributed by atoms with E-state index in [2.05, 4.69) is 4.98 Å². The summed E-state index contributed by atoms with van der Waals surface area (Å²) in [4.78, 5) is 31.4. The van der Waals surface area contributed by atoms with Crippen molar-refractivity contribution in [1.82, 2.24) is 9.55 Å². The number of hydrogen-bond acceptors (Lipinski definition) is 5. The van der Waals surface area contributed by atoms with E-state index in [1.807, 2.05) is 31.2 Å². The van der Waals surface area contributed by atoms with Crippen molar-refractivity contribution < 1.29 is 19.4 Å². The molecule has 144 valence electrons. The van der Waals surface area contributed by atoms with Crippen LogP contribution in [0.1, 0.15) is 31.6 Å². The van der Waals surface area contributed by atoms with Gasteiger partial charge in [-0.3, -0.25) is 9.59 Å². The fourth-order valence-corrected chi connectivity index (χ4v) is 3.55. The molecule has 7 heteroatoms. The number of imide groups is 1. The van der Waals surface area contributed by atoms with Gasteiger partial charge in [-0.05, 0) is 42.8 Å². The Hall–Kier alpha value is -3.19. The number of para-hydroxylation sites is 2. The lowest BCUT2D eigenvalue weighted by Crippen LogP contribution is -2.31. The van der Waals surface area contributed by atoms with Crippen LogP contribution in [0.2, 0.25) is 0 Å². The number of rotatable bonds is 6. The van der Waals surface area contributed by atoms with E-state index in [9.17, 15) is 14.7 Å². The molecule has 4 rings (SSSR count). The Kier molecular flexibility index (Phi) is 4.83. The second-order valence-electron chi connectivity index (χ2n) is 6.67. The lowest BCUT2D eigenvalue weighted by Gasteiger charge is -2.17. The highest BCUT2D eigenvalue weighted by molar-refractivity contribution is 6.22. The number of carbonyl (C=O) groups excluding carboxylic acids is 2.